The molecule has 0 spiro atoms. The molecule has 0 saturated carbocycles. The summed E-state index contributed by atoms with van der Waals surface area (Å²) in [7, 11) is 1.74. The standard InChI is InChI=1S/C14H16N4O3/c1-18-8-11(7-17-18)12(15)13(19)16-6-9-3-2-4-10(5-9)14(20)21/h2-5,7-8,12H,6,15H2,1H3,(H,16,19)(H,20,21). The van der Waals surface area contributed by atoms with Gasteiger partial charge in [0, 0.05) is 25.4 Å². The summed E-state index contributed by atoms with van der Waals surface area (Å²) in [5.41, 5.74) is 7.33. The quantitative estimate of drug-likeness (QED) is 0.739. The molecule has 0 aliphatic rings. The second-order valence-electron chi connectivity index (χ2n) is 4.65. The summed E-state index contributed by atoms with van der Waals surface area (Å²) < 4.78 is 1.57. The monoisotopic (exact) mass is 288 g/mol. The van der Waals surface area contributed by atoms with Crippen LogP contribution in [0.1, 0.15) is 27.5 Å². The van der Waals surface area contributed by atoms with Gasteiger partial charge < -0.3 is 16.2 Å². The van der Waals surface area contributed by atoms with Crippen molar-refractivity contribution in [2.45, 2.75) is 12.6 Å². The maximum absolute atomic E-state index is 12.0. The Kier molecular flexibility index (Phi) is 4.34. The predicted octanol–water partition coefficient (Wildman–Crippen LogP) is 0.434. The van der Waals surface area contributed by atoms with Crippen LogP contribution in [0, 0.1) is 0 Å². The highest BCUT2D eigenvalue weighted by molar-refractivity contribution is 5.87. The molecular formula is C14H16N4O3. The molecule has 0 aliphatic heterocycles. The van der Waals surface area contributed by atoms with Crippen LogP contribution in [-0.4, -0.2) is 26.8 Å². The van der Waals surface area contributed by atoms with Crippen molar-refractivity contribution in [2.24, 2.45) is 12.8 Å². The summed E-state index contributed by atoms with van der Waals surface area (Å²) in [5, 5.41) is 15.5. The molecule has 1 heterocycles. The van der Waals surface area contributed by atoms with Crippen molar-refractivity contribution >= 4 is 11.9 Å². The second kappa shape index (κ2) is 6.19. The lowest BCUT2D eigenvalue weighted by Gasteiger charge is -2.11. The fourth-order valence-electron chi connectivity index (χ4n) is 1.87. The first-order chi connectivity index (χ1) is 9.97. The Morgan fingerprint density at radius 1 is 1.48 bits per heavy atom. The van der Waals surface area contributed by atoms with E-state index in [2.05, 4.69) is 10.4 Å². The van der Waals surface area contributed by atoms with Crippen LogP contribution in [0.5, 0.6) is 0 Å². The maximum atomic E-state index is 12.0. The van der Waals surface area contributed by atoms with Crippen LogP contribution in [0.2, 0.25) is 0 Å². The minimum absolute atomic E-state index is 0.179. The zero-order valence-corrected chi connectivity index (χ0v) is 11.5. The molecule has 0 saturated heterocycles. The first-order valence-electron chi connectivity index (χ1n) is 6.31. The summed E-state index contributed by atoms with van der Waals surface area (Å²) in [4.78, 5) is 22.8. The fraction of sp³-hybridized carbons (Fsp3) is 0.214. The van der Waals surface area contributed by atoms with E-state index in [0.29, 0.717) is 11.1 Å². The number of nitrogens with one attached hydrogen (secondary N) is 1. The van der Waals surface area contributed by atoms with Crippen molar-refractivity contribution in [3.05, 3.63) is 53.3 Å². The van der Waals surface area contributed by atoms with E-state index >= 15 is 0 Å². The number of nitrogens with two attached hydrogens (primary N) is 1. The van der Waals surface area contributed by atoms with Crippen LogP contribution in [0.15, 0.2) is 36.7 Å². The number of nitrogens with zero attached hydrogens (tertiary/aromatic N) is 2. The molecule has 1 aromatic heterocycles. The van der Waals surface area contributed by atoms with Crippen LogP contribution >= 0.6 is 0 Å². The molecule has 7 nitrogen and oxygen atoms in total. The van der Waals surface area contributed by atoms with E-state index in [9.17, 15) is 9.59 Å². The van der Waals surface area contributed by atoms with Crippen molar-refractivity contribution in [3.63, 3.8) is 0 Å². The van der Waals surface area contributed by atoms with Crippen molar-refractivity contribution in [3.8, 4) is 0 Å². The number of carbonyl (C=O) groups excluding carboxylic acids is 1. The summed E-state index contributed by atoms with van der Waals surface area (Å²) in [6, 6.07) is 5.57. The van der Waals surface area contributed by atoms with Gasteiger partial charge in [-0.3, -0.25) is 9.48 Å². The molecule has 1 unspecified atom stereocenters. The molecule has 2 aromatic rings. The molecule has 110 valence electrons. The number of hydrogen-bond acceptors (Lipinski definition) is 4. The topological polar surface area (TPSA) is 110 Å². The summed E-state index contributed by atoms with van der Waals surface area (Å²) in [5.74, 6) is -1.35. The molecule has 7 heteroatoms. The molecule has 0 fully saturated rings. The first-order valence-corrected chi connectivity index (χ1v) is 6.31. The van der Waals surface area contributed by atoms with Gasteiger partial charge in [0.05, 0.1) is 11.8 Å². The van der Waals surface area contributed by atoms with Crippen molar-refractivity contribution in [2.75, 3.05) is 0 Å². The van der Waals surface area contributed by atoms with Gasteiger partial charge in [0.15, 0.2) is 0 Å². The summed E-state index contributed by atoms with van der Waals surface area (Å²) >= 11 is 0. The Morgan fingerprint density at radius 2 is 2.24 bits per heavy atom. The number of carboxylic acid groups (broad SMARTS) is 1. The highest BCUT2D eigenvalue weighted by Crippen LogP contribution is 2.09. The van der Waals surface area contributed by atoms with E-state index in [1.165, 1.54) is 18.3 Å². The fourth-order valence-corrected chi connectivity index (χ4v) is 1.87. The number of carboxylic acids is 1. The zero-order chi connectivity index (χ0) is 15.4. The molecule has 0 aliphatic carbocycles. The lowest BCUT2D eigenvalue weighted by Crippen LogP contribution is -2.33. The number of aromatic nitrogens is 2. The second-order valence-corrected chi connectivity index (χ2v) is 4.65. The smallest absolute Gasteiger partial charge is 0.335 e. The van der Waals surface area contributed by atoms with Crippen LogP contribution in [-0.2, 0) is 18.4 Å². The Hall–Kier alpha value is -2.67. The molecule has 1 atom stereocenters. The molecule has 1 aromatic carbocycles. The van der Waals surface area contributed by atoms with Crippen molar-refractivity contribution < 1.29 is 14.7 Å². The van der Waals surface area contributed by atoms with Gasteiger partial charge in [0.2, 0.25) is 5.91 Å². The Balaban J connectivity index is 1.97. The van der Waals surface area contributed by atoms with E-state index in [0.717, 1.165) is 0 Å². The largest absolute Gasteiger partial charge is 0.478 e. The van der Waals surface area contributed by atoms with E-state index in [1.807, 2.05) is 0 Å². The maximum Gasteiger partial charge on any atom is 0.335 e. The number of rotatable bonds is 5. The molecule has 21 heavy (non-hydrogen) atoms. The molecule has 2 rings (SSSR count). The molecular weight excluding hydrogens is 272 g/mol. The number of benzene rings is 1. The van der Waals surface area contributed by atoms with E-state index in [-0.39, 0.29) is 18.0 Å². The minimum Gasteiger partial charge on any atom is -0.478 e. The Labute approximate surface area is 121 Å². The van der Waals surface area contributed by atoms with Gasteiger partial charge in [-0.25, -0.2) is 4.79 Å². The normalized spacial score (nSPS) is 11.9. The van der Waals surface area contributed by atoms with E-state index < -0.39 is 12.0 Å². The predicted molar refractivity (Wildman–Crippen MR) is 75.4 cm³/mol. The van der Waals surface area contributed by atoms with Crippen molar-refractivity contribution in [1.82, 2.24) is 15.1 Å². The Morgan fingerprint density at radius 3 is 2.86 bits per heavy atom. The van der Waals surface area contributed by atoms with E-state index in [1.54, 1.807) is 30.1 Å². The lowest BCUT2D eigenvalue weighted by atomic mass is 10.1. The number of carbonyl (C=O) groups is 2. The molecule has 0 radical (unpaired) electrons. The zero-order valence-electron chi connectivity index (χ0n) is 11.5. The number of aryl methyl sites for hydroxylation is 1. The average Bonchev–Trinajstić information content (AvgIpc) is 2.90. The van der Waals surface area contributed by atoms with Crippen LogP contribution in [0.4, 0.5) is 0 Å². The molecule has 4 N–H and O–H groups in total. The van der Waals surface area contributed by atoms with Gasteiger partial charge in [-0.15, -0.1) is 0 Å². The first kappa shape index (κ1) is 14.7. The Bertz CT molecular complexity index is 666. The number of amides is 1. The minimum atomic E-state index is -1.00. The number of aromatic carboxylic acids is 1. The highest BCUT2D eigenvalue weighted by Gasteiger charge is 2.17. The van der Waals surface area contributed by atoms with Crippen LogP contribution in [0.3, 0.4) is 0 Å². The van der Waals surface area contributed by atoms with Gasteiger partial charge in [-0.1, -0.05) is 12.1 Å². The molecule has 0 bridgehead atoms. The highest BCUT2D eigenvalue weighted by atomic mass is 16.4. The average molecular weight is 288 g/mol. The van der Waals surface area contributed by atoms with Gasteiger partial charge in [-0.2, -0.15) is 5.10 Å². The third-order valence-corrected chi connectivity index (χ3v) is 3.01. The van der Waals surface area contributed by atoms with Gasteiger partial charge >= 0.3 is 5.97 Å². The van der Waals surface area contributed by atoms with Gasteiger partial charge in [0.25, 0.3) is 0 Å². The number of hydrogen-bond donors (Lipinski definition) is 3. The van der Waals surface area contributed by atoms with Crippen LogP contribution in [0.25, 0.3) is 0 Å². The molecule has 1 amide bonds. The SMILES string of the molecule is Cn1cc(C(N)C(=O)NCc2cccc(C(=O)O)c2)cn1. The van der Waals surface area contributed by atoms with Gasteiger partial charge in [0.1, 0.15) is 6.04 Å². The summed E-state index contributed by atoms with van der Waals surface area (Å²) in [6.07, 6.45) is 3.21. The van der Waals surface area contributed by atoms with Crippen molar-refractivity contribution in [1.29, 1.82) is 0 Å². The third kappa shape index (κ3) is 3.67. The lowest BCUT2D eigenvalue weighted by molar-refractivity contribution is -0.122. The third-order valence-electron chi connectivity index (χ3n) is 3.01. The van der Waals surface area contributed by atoms with E-state index in [4.69, 9.17) is 10.8 Å². The van der Waals surface area contributed by atoms with Crippen LogP contribution < -0.4 is 11.1 Å². The van der Waals surface area contributed by atoms with Gasteiger partial charge in [-0.05, 0) is 17.7 Å². The summed E-state index contributed by atoms with van der Waals surface area (Å²) in [6.45, 7) is 0.216.